The molecule has 3 aromatic rings. The number of halogens is 1. The number of carbonyl (C=O) groups excluding carboxylic acids is 2. The summed E-state index contributed by atoms with van der Waals surface area (Å²) in [6, 6.07) is 12.2. The number of thioether (sulfide) groups is 1. The third kappa shape index (κ3) is 5.74. The van der Waals surface area contributed by atoms with Gasteiger partial charge in [-0.15, -0.1) is 0 Å². The van der Waals surface area contributed by atoms with E-state index in [-0.39, 0.29) is 18.4 Å². The van der Waals surface area contributed by atoms with E-state index < -0.39 is 0 Å². The molecule has 0 aliphatic rings. The number of carbonyl (C=O) groups is 2. The molecular weight excluding hydrogens is 426 g/mol. The second-order valence-electron chi connectivity index (χ2n) is 6.33. The number of likely N-dealkylation sites (N-methyl/N-ethyl adjacent to an activating group) is 1. The van der Waals surface area contributed by atoms with Gasteiger partial charge in [0.2, 0.25) is 5.91 Å². The van der Waals surface area contributed by atoms with Crippen molar-refractivity contribution in [3.05, 3.63) is 64.9 Å². The first-order valence-electron chi connectivity index (χ1n) is 8.92. The normalized spacial score (nSPS) is 10.5. The Labute approximate surface area is 183 Å². The molecule has 2 N–H and O–H groups in total. The van der Waals surface area contributed by atoms with E-state index in [1.54, 1.807) is 37.4 Å². The molecule has 0 saturated heterocycles. The number of methoxy groups -OCH3 is 1. The SMILES string of the molecule is COc1ccc(Cl)cc1NC(=O)CN(C)C(=O)c1ccc(CSc2ncn[nH]2)cc1. The maximum absolute atomic E-state index is 12.6. The highest BCUT2D eigenvalue weighted by Gasteiger charge is 2.16. The first kappa shape index (κ1) is 21.7. The summed E-state index contributed by atoms with van der Waals surface area (Å²) in [4.78, 5) is 30.4. The molecule has 0 aliphatic carbocycles. The molecule has 156 valence electrons. The predicted molar refractivity (Wildman–Crippen MR) is 116 cm³/mol. The van der Waals surface area contributed by atoms with Gasteiger partial charge in [-0.2, -0.15) is 5.10 Å². The van der Waals surface area contributed by atoms with Crippen molar-refractivity contribution >= 4 is 40.9 Å². The van der Waals surface area contributed by atoms with Gasteiger partial charge >= 0.3 is 0 Å². The third-order valence-corrected chi connectivity index (χ3v) is 5.32. The molecule has 1 aromatic heterocycles. The lowest BCUT2D eigenvalue weighted by atomic mass is 10.1. The number of rotatable bonds is 8. The fraction of sp³-hybridized carbons (Fsp3) is 0.200. The van der Waals surface area contributed by atoms with Crippen LogP contribution >= 0.6 is 23.4 Å². The van der Waals surface area contributed by atoms with Crippen molar-refractivity contribution in [3.8, 4) is 5.75 Å². The van der Waals surface area contributed by atoms with Crippen LogP contribution in [0.4, 0.5) is 5.69 Å². The van der Waals surface area contributed by atoms with Crippen molar-refractivity contribution in [1.82, 2.24) is 20.1 Å². The van der Waals surface area contributed by atoms with Gasteiger partial charge in [0, 0.05) is 23.4 Å². The molecule has 2 aromatic carbocycles. The summed E-state index contributed by atoms with van der Waals surface area (Å²) in [6.07, 6.45) is 1.46. The predicted octanol–water partition coefficient (Wildman–Crippen LogP) is 3.47. The number of H-pyrrole nitrogens is 1. The molecule has 8 nitrogen and oxygen atoms in total. The standard InChI is InChI=1S/C20H20ClN5O3S/c1-26(10-18(27)24-16-9-15(21)7-8-17(16)29-2)19(28)14-5-3-13(4-6-14)11-30-20-22-12-23-25-20/h3-9,12H,10-11H2,1-2H3,(H,24,27)(H,22,23,25). The summed E-state index contributed by atoms with van der Waals surface area (Å²) in [6.45, 7) is -0.113. The average Bonchev–Trinajstić information content (AvgIpc) is 3.26. The molecular formula is C20H20ClN5O3S. The molecule has 3 rings (SSSR count). The molecule has 0 fully saturated rings. The van der Waals surface area contributed by atoms with Crippen LogP contribution in [0.3, 0.4) is 0 Å². The van der Waals surface area contributed by atoms with Crippen molar-refractivity contribution in [2.24, 2.45) is 0 Å². The number of anilines is 1. The number of aromatic amines is 1. The summed E-state index contributed by atoms with van der Waals surface area (Å²) in [5.74, 6) is 0.577. The quantitative estimate of drug-likeness (QED) is 0.515. The van der Waals surface area contributed by atoms with Crippen LogP contribution in [0.25, 0.3) is 0 Å². The Morgan fingerprint density at radius 2 is 2.00 bits per heavy atom. The van der Waals surface area contributed by atoms with Crippen molar-refractivity contribution in [1.29, 1.82) is 0 Å². The van der Waals surface area contributed by atoms with Crippen LogP contribution in [0.15, 0.2) is 53.9 Å². The van der Waals surface area contributed by atoms with Crippen molar-refractivity contribution in [2.75, 3.05) is 26.0 Å². The number of nitrogens with one attached hydrogen (secondary N) is 2. The second kappa shape index (κ2) is 10.1. The summed E-state index contributed by atoms with van der Waals surface area (Å²) >= 11 is 7.49. The molecule has 1 heterocycles. The molecule has 0 unspecified atom stereocenters. The van der Waals surface area contributed by atoms with Crippen LogP contribution in [0, 0.1) is 0 Å². The molecule has 0 saturated carbocycles. The van der Waals surface area contributed by atoms with E-state index in [0.29, 0.717) is 27.8 Å². The smallest absolute Gasteiger partial charge is 0.254 e. The Balaban J connectivity index is 1.56. The van der Waals surface area contributed by atoms with E-state index in [9.17, 15) is 9.59 Å². The van der Waals surface area contributed by atoms with Crippen LogP contribution < -0.4 is 10.1 Å². The number of aromatic nitrogens is 3. The maximum atomic E-state index is 12.6. The van der Waals surface area contributed by atoms with E-state index in [4.69, 9.17) is 16.3 Å². The van der Waals surface area contributed by atoms with Crippen LogP contribution in [0.1, 0.15) is 15.9 Å². The first-order valence-corrected chi connectivity index (χ1v) is 10.3. The maximum Gasteiger partial charge on any atom is 0.254 e. The summed E-state index contributed by atoms with van der Waals surface area (Å²) in [7, 11) is 3.08. The van der Waals surface area contributed by atoms with Crippen molar-refractivity contribution in [3.63, 3.8) is 0 Å². The van der Waals surface area contributed by atoms with Crippen LogP contribution in [0.5, 0.6) is 5.75 Å². The van der Waals surface area contributed by atoms with E-state index in [1.165, 1.54) is 30.1 Å². The number of ether oxygens (including phenoxy) is 1. The van der Waals surface area contributed by atoms with Gasteiger partial charge in [0.05, 0.1) is 19.3 Å². The van der Waals surface area contributed by atoms with Crippen LogP contribution in [0.2, 0.25) is 5.02 Å². The highest BCUT2D eigenvalue weighted by Crippen LogP contribution is 2.27. The number of amides is 2. The third-order valence-electron chi connectivity index (χ3n) is 4.13. The molecule has 10 heteroatoms. The van der Waals surface area contributed by atoms with Gasteiger partial charge in [-0.3, -0.25) is 14.7 Å². The Hall–Kier alpha value is -3.04. The minimum Gasteiger partial charge on any atom is -0.495 e. The zero-order valence-corrected chi connectivity index (χ0v) is 18.0. The number of benzene rings is 2. The zero-order chi connectivity index (χ0) is 21.5. The highest BCUT2D eigenvalue weighted by atomic mass is 35.5. The van der Waals surface area contributed by atoms with Gasteiger partial charge in [-0.1, -0.05) is 35.5 Å². The van der Waals surface area contributed by atoms with Gasteiger partial charge in [0.1, 0.15) is 12.1 Å². The number of hydrogen-bond acceptors (Lipinski definition) is 6. The topological polar surface area (TPSA) is 100 Å². The van der Waals surface area contributed by atoms with Gasteiger partial charge in [-0.05, 0) is 35.9 Å². The number of hydrogen-bond donors (Lipinski definition) is 2. The Morgan fingerprint density at radius 1 is 1.23 bits per heavy atom. The first-order chi connectivity index (χ1) is 14.5. The fourth-order valence-electron chi connectivity index (χ4n) is 2.63. The lowest BCUT2D eigenvalue weighted by Gasteiger charge is -2.18. The molecule has 30 heavy (non-hydrogen) atoms. The molecule has 0 spiro atoms. The lowest BCUT2D eigenvalue weighted by molar-refractivity contribution is -0.116. The fourth-order valence-corrected chi connectivity index (χ4v) is 3.54. The number of nitrogens with zero attached hydrogens (tertiary/aromatic N) is 3. The Morgan fingerprint density at radius 3 is 2.67 bits per heavy atom. The van der Waals surface area contributed by atoms with E-state index in [0.717, 1.165) is 10.7 Å². The van der Waals surface area contributed by atoms with Gasteiger partial charge in [-0.25, -0.2) is 4.98 Å². The second-order valence-corrected chi connectivity index (χ2v) is 7.73. The zero-order valence-electron chi connectivity index (χ0n) is 16.4. The monoisotopic (exact) mass is 445 g/mol. The molecule has 0 bridgehead atoms. The van der Waals surface area contributed by atoms with Gasteiger partial charge < -0.3 is 15.0 Å². The molecule has 2 amide bonds. The summed E-state index contributed by atoms with van der Waals surface area (Å²) in [5, 5.41) is 10.5. The van der Waals surface area contributed by atoms with E-state index in [1.807, 2.05) is 12.1 Å². The minimum atomic E-state index is -0.355. The van der Waals surface area contributed by atoms with Crippen LogP contribution in [-0.2, 0) is 10.5 Å². The summed E-state index contributed by atoms with van der Waals surface area (Å²) in [5.41, 5.74) is 1.99. The van der Waals surface area contributed by atoms with Crippen LogP contribution in [-0.4, -0.2) is 52.6 Å². The molecule has 0 atom stereocenters. The van der Waals surface area contributed by atoms with Crippen molar-refractivity contribution in [2.45, 2.75) is 10.9 Å². The minimum absolute atomic E-state index is 0.113. The Bertz CT molecular complexity index is 1010. The molecule has 0 aliphatic heterocycles. The molecule has 0 radical (unpaired) electrons. The van der Waals surface area contributed by atoms with Crippen molar-refractivity contribution < 1.29 is 14.3 Å². The van der Waals surface area contributed by atoms with Gasteiger partial charge in [0.15, 0.2) is 5.16 Å². The van der Waals surface area contributed by atoms with E-state index in [2.05, 4.69) is 20.5 Å². The summed E-state index contributed by atoms with van der Waals surface area (Å²) < 4.78 is 5.21. The van der Waals surface area contributed by atoms with Gasteiger partial charge in [0.25, 0.3) is 5.91 Å². The largest absolute Gasteiger partial charge is 0.495 e. The lowest BCUT2D eigenvalue weighted by Crippen LogP contribution is -2.35. The highest BCUT2D eigenvalue weighted by molar-refractivity contribution is 7.98. The average molecular weight is 446 g/mol. The Kier molecular flexibility index (Phi) is 7.31. The van der Waals surface area contributed by atoms with E-state index >= 15 is 0 Å².